The third-order valence-corrected chi connectivity index (χ3v) is 7.36. The summed E-state index contributed by atoms with van der Waals surface area (Å²) in [5.74, 6) is -0.139. The van der Waals surface area contributed by atoms with Crippen molar-refractivity contribution in [3.05, 3.63) is 16.7 Å². The van der Waals surface area contributed by atoms with E-state index in [4.69, 9.17) is 0 Å². The van der Waals surface area contributed by atoms with E-state index >= 15 is 0 Å². The van der Waals surface area contributed by atoms with Crippen molar-refractivity contribution in [1.29, 1.82) is 0 Å². The zero-order chi connectivity index (χ0) is 22.5. The maximum absolute atomic E-state index is 13.0. The minimum Gasteiger partial charge on any atom is -0.356 e. The molecule has 0 spiro atoms. The maximum atomic E-state index is 13.0. The molecule has 32 heavy (non-hydrogen) atoms. The van der Waals surface area contributed by atoms with Crippen LogP contribution < -0.4 is 21.1 Å². The Morgan fingerprint density at radius 3 is 2.78 bits per heavy atom. The van der Waals surface area contributed by atoms with Crippen molar-refractivity contribution >= 4 is 38.6 Å². The first-order valence-electron chi connectivity index (χ1n) is 11.7. The molecule has 9 nitrogen and oxygen atoms in total. The highest BCUT2D eigenvalue weighted by atomic mass is 32.1. The lowest BCUT2D eigenvalue weighted by molar-refractivity contribution is -0.125. The van der Waals surface area contributed by atoms with E-state index in [0.29, 0.717) is 28.6 Å². The molecule has 0 radical (unpaired) electrons. The standard InChI is InChI=1S/C22H32N6O3S/c1-2-10-23-20(30)15-7-6-11-27(12-15)22-26-19-18(32-22)21(31)28(14-24-19)13-17(29)25-16-8-4-3-5-9-16/h14-16H,2-13H2,1H3,(H,23,30)(H,25,29). The fourth-order valence-electron chi connectivity index (χ4n) is 4.52. The molecule has 1 aliphatic heterocycles. The number of thiazole rings is 1. The fraction of sp³-hybridized carbons (Fsp3) is 0.682. The molecule has 1 unspecified atom stereocenters. The fourth-order valence-corrected chi connectivity index (χ4v) is 5.52. The lowest BCUT2D eigenvalue weighted by Gasteiger charge is -2.31. The Labute approximate surface area is 191 Å². The van der Waals surface area contributed by atoms with E-state index in [2.05, 4.69) is 25.5 Å². The number of rotatable bonds is 7. The predicted octanol–water partition coefficient (Wildman–Crippen LogP) is 2.04. The second-order valence-electron chi connectivity index (χ2n) is 8.81. The second kappa shape index (κ2) is 10.4. The number of carbonyl (C=O) groups is 2. The van der Waals surface area contributed by atoms with E-state index in [-0.39, 0.29) is 35.9 Å². The van der Waals surface area contributed by atoms with Crippen molar-refractivity contribution in [3.8, 4) is 0 Å². The summed E-state index contributed by atoms with van der Waals surface area (Å²) >= 11 is 1.29. The maximum Gasteiger partial charge on any atom is 0.273 e. The molecular weight excluding hydrogens is 428 g/mol. The molecule has 2 aromatic rings. The molecule has 2 amide bonds. The topological polar surface area (TPSA) is 109 Å². The van der Waals surface area contributed by atoms with Gasteiger partial charge in [0, 0.05) is 25.7 Å². The summed E-state index contributed by atoms with van der Waals surface area (Å²) in [5, 5.41) is 6.73. The van der Waals surface area contributed by atoms with Crippen molar-refractivity contribution in [3.63, 3.8) is 0 Å². The van der Waals surface area contributed by atoms with Crippen LogP contribution in [0.3, 0.4) is 0 Å². The molecule has 174 valence electrons. The van der Waals surface area contributed by atoms with Crippen LogP contribution in [0.2, 0.25) is 0 Å². The Balaban J connectivity index is 1.45. The normalized spacial score (nSPS) is 19.8. The van der Waals surface area contributed by atoms with Crippen LogP contribution in [0.25, 0.3) is 10.3 Å². The first-order valence-corrected chi connectivity index (χ1v) is 12.5. The smallest absolute Gasteiger partial charge is 0.273 e. The van der Waals surface area contributed by atoms with Gasteiger partial charge >= 0.3 is 0 Å². The quantitative estimate of drug-likeness (QED) is 0.655. The zero-order valence-electron chi connectivity index (χ0n) is 18.6. The van der Waals surface area contributed by atoms with Crippen LogP contribution in [-0.2, 0) is 16.1 Å². The molecule has 1 aliphatic carbocycles. The predicted molar refractivity (Wildman–Crippen MR) is 125 cm³/mol. The van der Waals surface area contributed by atoms with Gasteiger partial charge in [-0.25, -0.2) is 4.98 Å². The average molecular weight is 461 g/mol. The molecule has 2 N–H and O–H groups in total. The number of anilines is 1. The van der Waals surface area contributed by atoms with E-state index in [9.17, 15) is 14.4 Å². The van der Waals surface area contributed by atoms with Crippen molar-refractivity contribution in [1.82, 2.24) is 25.2 Å². The van der Waals surface area contributed by atoms with E-state index in [1.54, 1.807) is 0 Å². The van der Waals surface area contributed by atoms with Crippen LogP contribution >= 0.6 is 11.3 Å². The highest BCUT2D eigenvalue weighted by molar-refractivity contribution is 7.22. The third-order valence-electron chi connectivity index (χ3n) is 6.27. The van der Waals surface area contributed by atoms with Gasteiger partial charge in [0.1, 0.15) is 17.6 Å². The highest BCUT2D eigenvalue weighted by Gasteiger charge is 2.28. The summed E-state index contributed by atoms with van der Waals surface area (Å²) in [6, 6.07) is 0.209. The number of hydrogen-bond acceptors (Lipinski definition) is 7. The van der Waals surface area contributed by atoms with Crippen LogP contribution in [0.4, 0.5) is 5.13 Å². The minimum absolute atomic E-state index is 0.0328. The van der Waals surface area contributed by atoms with Crippen molar-refractivity contribution in [2.24, 2.45) is 5.92 Å². The summed E-state index contributed by atoms with van der Waals surface area (Å²) in [6.45, 7) is 4.08. The summed E-state index contributed by atoms with van der Waals surface area (Å²) in [6.07, 6.45) is 9.59. The number of piperidine rings is 1. The van der Waals surface area contributed by atoms with Gasteiger partial charge in [0.05, 0.1) is 5.92 Å². The Bertz CT molecular complexity index is 1010. The molecule has 3 heterocycles. The van der Waals surface area contributed by atoms with Gasteiger partial charge in [0.15, 0.2) is 10.8 Å². The number of fused-ring (bicyclic) bond motifs is 1. The van der Waals surface area contributed by atoms with Gasteiger partial charge < -0.3 is 15.5 Å². The van der Waals surface area contributed by atoms with E-state index in [1.807, 2.05) is 6.92 Å². The number of aromatic nitrogens is 3. The first kappa shape index (κ1) is 22.7. The molecule has 2 aliphatic rings. The second-order valence-corrected chi connectivity index (χ2v) is 9.78. The number of amides is 2. The van der Waals surface area contributed by atoms with Crippen LogP contribution in [0.1, 0.15) is 58.3 Å². The minimum atomic E-state index is -0.244. The summed E-state index contributed by atoms with van der Waals surface area (Å²) in [5.41, 5.74) is 0.156. The van der Waals surface area contributed by atoms with Crippen molar-refractivity contribution < 1.29 is 9.59 Å². The van der Waals surface area contributed by atoms with E-state index in [1.165, 1.54) is 28.7 Å². The molecular formula is C22H32N6O3S. The average Bonchev–Trinajstić information content (AvgIpc) is 3.25. The zero-order valence-corrected chi connectivity index (χ0v) is 19.5. The van der Waals surface area contributed by atoms with Crippen LogP contribution in [0.5, 0.6) is 0 Å². The van der Waals surface area contributed by atoms with Gasteiger partial charge in [-0.05, 0) is 32.1 Å². The van der Waals surface area contributed by atoms with Gasteiger partial charge in [-0.2, -0.15) is 4.98 Å². The lowest BCUT2D eigenvalue weighted by Crippen LogP contribution is -2.43. The molecule has 1 atom stereocenters. The largest absolute Gasteiger partial charge is 0.356 e. The number of nitrogens with one attached hydrogen (secondary N) is 2. The van der Waals surface area contributed by atoms with Crippen LogP contribution in [-0.4, -0.2) is 52.0 Å². The van der Waals surface area contributed by atoms with Crippen molar-refractivity contribution in [2.75, 3.05) is 24.5 Å². The first-order chi connectivity index (χ1) is 15.5. The Hall–Kier alpha value is -2.49. The highest BCUT2D eigenvalue weighted by Crippen LogP contribution is 2.29. The molecule has 4 rings (SSSR count). The van der Waals surface area contributed by atoms with Crippen LogP contribution in [0, 0.1) is 5.92 Å². The van der Waals surface area contributed by atoms with Crippen molar-refractivity contribution in [2.45, 2.75) is 70.9 Å². The number of carbonyl (C=O) groups excluding carboxylic acids is 2. The summed E-state index contributed by atoms with van der Waals surface area (Å²) in [4.78, 5) is 48.8. The van der Waals surface area contributed by atoms with E-state index < -0.39 is 0 Å². The van der Waals surface area contributed by atoms with Gasteiger partial charge in [-0.15, -0.1) is 0 Å². The Kier molecular flexibility index (Phi) is 7.39. The molecule has 0 aromatic carbocycles. The molecule has 1 saturated heterocycles. The molecule has 0 bridgehead atoms. The van der Waals surface area contributed by atoms with Gasteiger partial charge in [0.2, 0.25) is 11.8 Å². The summed E-state index contributed by atoms with van der Waals surface area (Å²) in [7, 11) is 0. The van der Waals surface area contributed by atoms with Crippen LogP contribution in [0.15, 0.2) is 11.1 Å². The van der Waals surface area contributed by atoms with Gasteiger partial charge in [0.25, 0.3) is 5.56 Å². The molecule has 10 heteroatoms. The van der Waals surface area contributed by atoms with Gasteiger partial charge in [-0.1, -0.05) is 37.5 Å². The number of hydrogen-bond donors (Lipinski definition) is 2. The Morgan fingerprint density at radius 1 is 1.19 bits per heavy atom. The molecule has 2 fully saturated rings. The van der Waals surface area contributed by atoms with Gasteiger partial charge in [-0.3, -0.25) is 19.0 Å². The molecule has 2 aromatic heterocycles. The van der Waals surface area contributed by atoms with E-state index in [0.717, 1.165) is 51.5 Å². The lowest BCUT2D eigenvalue weighted by atomic mass is 9.95. The monoisotopic (exact) mass is 460 g/mol. The third kappa shape index (κ3) is 5.28. The Morgan fingerprint density at radius 2 is 2.00 bits per heavy atom. The molecule has 1 saturated carbocycles. The summed E-state index contributed by atoms with van der Waals surface area (Å²) < 4.78 is 1.81. The SMILES string of the molecule is CCCNC(=O)C1CCCN(c2nc3ncn(CC(=O)NC4CCCCC4)c(=O)c3s2)C1. The number of nitrogens with zero attached hydrogens (tertiary/aromatic N) is 4.